The van der Waals surface area contributed by atoms with Crippen LogP contribution in [0.25, 0.3) is 0 Å². The molecule has 0 atom stereocenters. The van der Waals surface area contributed by atoms with E-state index in [4.69, 9.17) is 9.15 Å². The Morgan fingerprint density at radius 3 is 2.66 bits per heavy atom. The van der Waals surface area contributed by atoms with E-state index < -0.39 is 24.4 Å². The van der Waals surface area contributed by atoms with Gasteiger partial charge in [-0.05, 0) is 43.5 Å². The zero-order valence-corrected chi connectivity index (χ0v) is 16.8. The van der Waals surface area contributed by atoms with Gasteiger partial charge in [-0.15, -0.1) is 11.3 Å². The van der Waals surface area contributed by atoms with Crippen LogP contribution in [0, 0.1) is 12.8 Å². The highest BCUT2D eigenvalue weighted by atomic mass is 32.1. The number of imide groups is 1. The van der Waals surface area contributed by atoms with Crippen LogP contribution < -0.4 is 10.6 Å². The molecule has 1 fully saturated rings. The Morgan fingerprint density at radius 2 is 1.97 bits per heavy atom. The number of ether oxygens (including phenoxy) is 1. The summed E-state index contributed by atoms with van der Waals surface area (Å²) in [5, 5.41) is 5.39. The van der Waals surface area contributed by atoms with Crippen molar-refractivity contribution >= 4 is 40.0 Å². The molecule has 1 aliphatic rings. The lowest BCUT2D eigenvalue weighted by Gasteiger charge is -2.20. The number of amides is 3. The fourth-order valence-corrected chi connectivity index (χ4v) is 4.13. The third kappa shape index (κ3) is 5.54. The van der Waals surface area contributed by atoms with E-state index in [1.165, 1.54) is 12.3 Å². The first kappa shape index (κ1) is 20.8. The molecule has 154 valence electrons. The summed E-state index contributed by atoms with van der Waals surface area (Å²) in [6.07, 6.45) is 6.02. The summed E-state index contributed by atoms with van der Waals surface area (Å²) in [6.45, 7) is 1.16. The first-order valence-electron chi connectivity index (χ1n) is 9.40. The van der Waals surface area contributed by atoms with Gasteiger partial charge in [-0.1, -0.05) is 19.3 Å². The maximum absolute atomic E-state index is 12.3. The van der Waals surface area contributed by atoms with Crippen LogP contribution >= 0.6 is 11.3 Å². The van der Waals surface area contributed by atoms with Gasteiger partial charge in [0.2, 0.25) is 5.91 Å². The molecular formula is C20H22N2O6S. The second-order valence-electron chi connectivity index (χ2n) is 6.88. The predicted molar refractivity (Wildman–Crippen MR) is 106 cm³/mol. The molecule has 3 rings (SSSR count). The van der Waals surface area contributed by atoms with Gasteiger partial charge < -0.3 is 14.5 Å². The average Bonchev–Trinajstić information content (AvgIpc) is 3.37. The molecule has 3 amide bonds. The number of carbonyl (C=O) groups excluding carboxylic acids is 4. The highest BCUT2D eigenvalue weighted by Gasteiger charge is 2.24. The molecule has 2 N–H and O–H groups in total. The van der Waals surface area contributed by atoms with E-state index in [-0.39, 0.29) is 22.5 Å². The summed E-state index contributed by atoms with van der Waals surface area (Å²) in [5.74, 6) is -2.07. The van der Waals surface area contributed by atoms with Gasteiger partial charge in [-0.25, -0.2) is 4.79 Å². The van der Waals surface area contributed by atoms with Crippen molar-refractivity contribution in [2.45, 2.75) is 39.0 Å². The van der Waals surface area contributed by atoms with Crippen LogP contribution in [-0.2, 0) is 14.3 Å². The summed E-state index contributed by atoms with van der Waals surface area (Å²) >= 11 is 1.03. The summed E-state index contributed by atoms with van der Waals surface area (Å²) in [5.41, 5.74) is 0.605. The predicted octanol–water partition coefficient (Wildman–Crippen LogP) is 3.28. The normalized spacial score (nSPS) is 14.2. The zero-order valence-electron chi connectivity index (χ0n) is 16.0. The first-order chi connectivity index (χ1) is 13.9. The first-order valence-corrected chi connectivity index (χ1v) is 10.2. The van der Waals surface area contributed by atoms with E-state index in [1.807, 2.05) is 0 Å². The van der Waals surface area contributed by atoms with Gasteiger partial charge in [0.05, 0.1) is 11.3 Å². The standard InChI is InChI=1S/C20H22N2O6S/c1-12-10-16(22-19(25)14-8-5-9-27-14)29-17(12)20(26)28-11-15(23)21-18(24)13-6-3-2-4-7-13/h5,8-10,13H,2-4,6-7,11H2,1H3,(H,22,25)(H,21,23,24). The highest BCUT2D eigenvalue weighted by Crippen LogP contribution is 2.28. The molecule has 2 heterocycles. The number of thiophene rings is 1. The van der Waals surface area contributed by atoms with Crippen LogP contribution in [-0.4, -0.2) is 30.3 Å². The molecule has 0 unspecified atom stereocenters. The van der Waals surface area contributed by atoms with Crippen molar-refractivity contribution in [3.63, 3.8) is 0 Å². The lowest BCUT2D eigenvalue weighted by Crippen LogP contribution is -2.38. The van der Waals surface area contributed by atoms with Crippen molar-refractivity contribution in [2.24, 2.45) is 5.92 Å². The monoisotopic (exact) mass is 418 g/mol. The number of rotatable bonds is 6. The lowest BCUT2D eigenvalue weighted by atomic mass is 9.89. The van der Waals surface area contributed by atoms with Gasteiger partial charge in [0.15, 0.2) is 12.4 Å². The van der Waals surface area contributed by atoms with Crippen LogP contribution in [0.5, 0.6) is 0 Å². The molecule has 0 saturated heterocycles. The largest absolute Gasteiger partial charge is 0.459 e. The average molecular weight is 418 g/mol. The van der Waals surface area contributed by atoms with Gasteiger partial charge in [-0.2, -0.15) is 0 Å². The molecule has 0 aliphatic heterocycles. The molecule has 0 aromatic carbocycles. The Balaban J connectivity index is 1.50. The minimum atomic E-state index is -0.689. The van der Waals surface area contributed by atoms with E-state index >= 15 is 0 Å². The number of anilines is 1. The van der Waals surface area contributed by atoms with E-state index in [9.17, 15) is 19.2 Å². The van der Waals surface area contributed by atoms with Crippen molar-refractivity contribution in [1.29, 1.82) is 0 Å². The number of hydrogen-bond acceptors (Lipinski definition) is 7. The van der Waals surface area contributed by atoms with Crippen LogP contribution in [0.2, 0.25) is 0 Å². The maximum atomic E-state index is 12.3. The second-order valence-corrected chi connectivity index (χ2v) is 7.93. The third-order valence-electron chi connectivity index (χ3n) is 4.66. The Bertz CT molecular complexity index is 896. The molecule has 29 heavy (non-hydrogen) atoms. The fourth-order valence-electron chi connectivity index (χ4n) is 3.16. The van der Waals surface area contributed by atoms with Gasteiger partial charge in [0, 0.05) is 5.92 Å². The quantitative estimate of drug-likeness (QED) is 0.696. The van der Waals surface area contributed by atoms with Crippen LogP contribution in [0.15, 0.2) is 28.9 Å². The van der Waals surface area contributed by atoms with Crippen molar-refractivity contribution < 1.29 is 28.3 Å². The molecule has 0 radical (unpaired) electrons. The highest BCUT2D eigenvalue weighted by molar-refractivity contribution is 7.18. The van der Waals surface area contributed by atoms with Crippen LogP contribution in [0.1, 0.15) is 57.9 Å². The summed E-state index contributed by atoms with van der Waals surface area (Å²) in [4.78, 5) is 48.5. The van der Waals surface area contributed by atoms with E-state index in [1.54, 1.807) is 19.1 Å². The number of esters is 1. The Labute approximate surface area is 171 Å². The van der Waals surface area contributed by atoms with Gasteiger partial charge in [-0.3, -0.25) is 19.7 Å². The van der Waals surface area contributed by atoms with Crippen molar-refractivity contribution in [3.05, 3.63) is 40.7 Å². The maximum Gasteiger partial charge on any atom is 0.349 e. The summed E-state index contributed by atoms with van der Waals surface area (Å²) < 4.78 is 10.0. The van der Waals surface area contributed by atoms with Gasteiger partial charge in [0.25, 0.3) is 11.8 Å². The van der Waals surface area contributed by atoms with Gasteiger partial charge in [0.1, 0.15) is 4.88 Å². The topological polar surface area (TPSA) is 115 Å². The van der Waals surface area contributed by atoms with Crippen molar-refractivity contribution in [2.75, 3.05) is 11.9 Å². The van der Waals surface area contributed by atoms with Crippen molar-refractivity contribution in [3.8, 4) is 0 Å². The van der Waals surface area contributed by atoms with Crippen LogP contribution in [0.3, 0.4) is 0 Å². The summed E-state index contributed by atoms with van der Waals surface area (Å²) in [7, 11) is 0. The molecule has 0 spiro atoms. The second kappa shape index (κ2) is 9.51. The molecular weight excluding hydrogens is 396 g/mol. The third-order valence-corrected chi connectivity index (χ3v) is 5.79. The minimum absolute atomic E-state index is 0.150. The Hall–Kier alpha value is -2.94. The fraction of sp³-hybridized carbons (Fsp3) is 0.400. The number of aryl methyl sites for hydroxylation is 1. The minimum Gasteiger partial charge on any atom is -0.459 e. The molecule has 8 nitrogen and oxygen atoms in total. The van der Waals surface area contributed by atoms with Crippen molar-refractivity contribution in [1.82, 2.24) is 5.32 Å². The van der Waals surface area contributed by atoms with Crippen LogP contribution in [0.4, 0.5) is 5.00 Å². The van der Waals surface area contributed by atoms with E-state index in [0.717, 1.165) is 43.4 Å². The SMILES string of the molecule is Cc1cc(NC(=O)c2ccco2)sc1C(=O)OCC(=O)NC(=O)C1CCCCC1. The van der Waals surface area contributed by atoms with E-state index in [0.29, 0.717) is 10.6 Å². The molecule has 1 saturated carbocycles. The molecule has 9 heteroatoms. The number of nitrogens with one attached hydrogen (secondary N) is 2. The molecule has 2 aromatic heterocycles. The number of furan rings is 1. The zero-order chi connectivity index (χ0) is 20.8. The van der Waals surface area contributed by atoms with E-state index in [2.05, 4.69) is 10.6 Å². The Morgan fingerprint density at radius 1 is 1.21 bits per heavy atom. The summed E-state index contributed by atoms with van der Waals surface area (Å²) in [6, 6.07) is 4.76. The lowest BCUT2D eigenvalue weighted by molar-refractivity contribution is -0.135. The smallest absolute Gasteiger partial charge is 0.349 e. The number of hydrogen-bond donors (Lipinski definition) is 2. The number of carbonyl (C=O) groups is 4. The molecule has 2 aromatic rings. The Kier molecular flexibility index (Phi) is 6.82. The van der Waals surface area contributed by atoms with Gasteiger partial charge >= 0.3 is 5.97 Å². The molecule has 1 aliphatic carbocycles. The molecule has 0 bridgehead atoms.